The third-order valence-corrected chi connectivity index (χ3v) is 10.6. The Morgan fingerprint density at radius 2 is 0.765 bits per heavy atom. The summed E-state index contributed by atoms with van der Waals surface area (Å²) < 4.78 is 7.34. The van der Waals surface area contributed by atoms with Crippen molar-refractivity contribution in [3.05, 3.63) is 188 Å². The van der Waals surface area contributed by atoms with Crippen LogP contribution in [-0.2, 0) is 0 Å². The Morgan fingerprint density at radius 1 is 0.255 bits per heavy atom. The van der Waals surface area contributed by atoms with E-state index < -0.39 is 0 Å². The summed E-state index contributed by atoms with van der Waals surface area (Å²) in [6.07, 6.45) is 0. The lowest BCUT2D eigenvalue weighted by molar-refractivity contribution is 1.15. The molecule has 0 unspecified atom stereocenters. The predicted octanol–water partition coefficient (Wildman–Crippen LogP) is 12.6. The van der Waals surface area contributed by atoms with E-state index >= 15 is 0 Å². The van der Waals surface area contributed by atoms with Gasteiger partial charge in [-0.3, -0.25) is 0 Å². The molecule has 0 saturated carbocycles. The van der Waals surface area contributed by atoms with Gasteiger partial charge in [0.2, 0.25) is 0 Å². The summed E-state index contributed by atoms with van der Waals surface area (Å²) in [5.74, 6) is 0. The first-order valence-corrected chi connectivity index (χ1v) is 17.5. The third-order valence-electron chi connectivity index (χ3n) is 10.6. The first kappa shape index (κ1) is 28.0. The van der Waals surface area contributed by atoms with Crippen LogP contribution in [0.5, 0.6) is 0 Å². The normalized spacial score (nSPS) is 11.9. The molecule has 0 saturated heterocycles. The number of rotatable bonds is 4. The Morgan fingerprint density at radius 3 is 1.53 bits per heavy atom. The van der Waals surface area contributed by atoms with Gasteiger partial charge >= 0.3 is 0 Å². The van der Waals surface area contributed by atoms with Crippen LogP contribution in [0.15, 0.2) is 188 Å². The summed E-state index contributed by atoms with van der Waals surface area (Å²) in [5.41, 5.74) is 13.1. The lowest BCUT2D eigenvalue weighted by Crippen LogP contribution is -1.97. The van der Waals surface area contributed by atoms with Crippen LogP contribution >= 0.6 is 0 Å². The van der Waals surface area contributed by atoms with Gasteiger partial charge in [0, 0.05) is 49.4 Å². The molecule has 0 radical (unpaired) electrons. The van der Waals surface area contributed by atoms with Gasteiger partial charge in [0.15, 0.2) is 0 Å². The molecule has 11 aromatic rings. The topological polar surface area (TPSA) is 14.8 Å². The molecule has 51 heavy (non-hydrogen) atoms. The van der Waals surface area contributed by atoms with Gasteiger partial charge < -0.3 is 13.7 Å². The number of hydrogen-bond acceptors (Lipinski definition) is 0. The van der Waals surface area contributed by atoms with Gasteiger partial charge in [-0.15, -0.1) is 0 Å². The fourth-order valence-electron chi connectivity index (χ4n) is 8.46. The Hall–Kier alpha value is -6.84. The largest absolute Gasteiger partial charge is 0.309 e. The maximum atomic E-state index is 2.46. The van der Waals surface area contributed by atoms with E-state index in [1.54, 1.807) is 0 Å². The van der Waals surface area contributed by atoms with Gasteiger partial charge in [-0.25, -0.2) is 0 Å². The molecule has 0 N–H and O–H groups in total. The van der Waals surface area contributed by atoms with Crippen molar-refractivity contribution in [2.24, 2.45) is 0 Å². The molecule has 0 fully saturated rings. The van der Waals surface area contributed by atoms with E-state index in [1.165, 1.54) is 76.5 Å². The van der Waals surface area contributed by atoms with Crippen LogP contribution in [0.25, 0.3) is 93.6 Å². The number of benzene rings is 8. The predicted molar refractivity (Wildman–Crippen MR) is 215 cm³/mol. The molecule has 3 nitrogen and oxygen atoms in total. The molecule has 0 bridgehead atoms. The minimum atomic E-state index is 1.14. The van der Waals surface area contributed by atoms with Gasteiger partial charge in [0.05, 0.1) is 33.1 Å². The highest BCUT2D eigenvalue weighted by Gasteiger charge is 2.21. The Kier molecular flexibility index (Phi) is 5.96. The van der Waals surface area contributed by atoms with E-state index in [-0.39, 0.29) is 0 Å². The maximum Gasteiger partial charge on any atom is 0.0641 e. The van der Waals surface area contributed by atoms with Gasteiger partial charge in [-0.05, 0) is 71.8 Å². The molecule has 11 rings (SSSR count). The Bertz CT molecular complexity index is 3120. The van der Waals surface area contributed by atoms with Gasteiger partial charge in [0.25, 0.3) is 0 Å². The highest BCUT2D eigenvalue weighted by molar-refractivity contribution is 6.26. The van der Waals surface area contributed by atoms with Crippen LogP contribution in [0.1, 0.15) is 0 Å². The molecule has 238 valence electrons. The molecule has 3 aromatic heterocycles. The fourth-order valence-corrected chi connectivity index (χ4v) is 8.46. The molecular weight excluding hydrogens is 619 g/mol. The average molecular weight is 650 g/mol. The average Bonchev–Trinajstić information content (AvgIpc) is 3.84. The molecular formula is C48H31N3. The van der Waals surface area contributed by atoms with Crippen LogP contribution in [0.2, 0.25) is 0 Å². The van der Waals surface area contributed by atoms with E-state index in [2.05, 4.69) is 202 Å². The summed E-state index contributed by atoms with van der Waals surface area (Å²) in [6.45, 7) is 0. The molecule has 0 aliphatic heterocycles. The summed E-state index contributed by atoms with van der Waals surface area (Å²) in [6, 6.07) is 68.4. The Labute approximate surface area is 294 Å². The maximum absolute atomic E-state index is 2.46. The van der Waals surface area contributed by atoms with Crippen molar-refractivity contribution in [1.29, 1.82) is 0 Å². The van der Waals surface area contributed by atoms with Gasteiger partial charge in [-0.2, -0.15) is 0 Å². The van der Waals surface area contributed by atoms with E-state index in [9.17, 15) is 0 Å². The molecule has 0 atom stereocenters. The second-order valence-corrected chi connectivity index (χ2v) is 13.4. The third kappa shape index (κ3) is 4.06. The lowest BCUT2D eigenvalue weighted by atomic mass is 10.1. The van der Waals surface area contributed by atoms with Crippen LogP contribution in [-0.4, -0.2) is 13.7 Å². The Balaban J connectivity index is 1.23. The molecule has 0 spiro atoms. The highest BCUT2D eigenvalue weighted by atomic mass is 15.0. The van der Waals surface area contributed by atoms with Crippen molar-refractivity contribution < 1.29 is 0 Å². The molecule has 0 aliphatic carbocycles. The molecule has 3 heteroatoms. The summed E-state index contributed by atoms with van der Waals surface area (Å²) in [4.78, 5) is 0. The molecule has 3 heterocycles. The van der Waals surface area contributed by atoms with Crippen molar-refractivity contribution in [2.45, 2.75) is 0 Å². The van der Waals surface area contributed by atoms with Crippen molar-refractivity contribution in [2.75, 3.05) is 0 Å². The number of para-hydroxylation sites is 4. The van der Waals surface area contributed by atoms with Crippen molar-refractivity contribution in [3.8, 4) is 28.2 Å². The second kappa shape index (κ2) is 10.8. The minimum Gasteiger partial charge on any atom is -0.309 e. The zero-order valence-corrected chi connectivity index (χ0v) is 27.7. The standard InChI is InChI=1S/C48H31N3/c1-3-14-32(15-4-1)33-16-13-19-35(30-33)50-42-23-10-7-20-37(42)39-27-26-36(31-46(39)50)49-44-25-12-9-22-41(44)47-45(49)29-28-40-38-21-8-11-24-43(38)51(48(40)47)34-17-5-2-6-18-34/h1-31H. The second-order valence-electron chi connectivity index (χ2n) is 13.4. The fraction of sp³-hybridized carbons (Fsp3) is 0. The number of nitrogens with zero attached hydrogens (tertiary/aromatic N) is 3. The summed E-state index contributed by atoms with van der Waals surface area (Å²) in [5, 5.41) is 7.53. The number of fused-ring (bicyclic) bond motifs is 10. The monoisotopic (exact) mass is 649 g/mol. The SMILES string of the molecule is c1ccc(-c2cccc(-n3c4ccccc4c4ccc(-n5c6ccccc6c6c5ccc5c7ccccc7n(-c7ccccc7)c56)cc43)c2)cc1. The highest BCUT2D eigenvalue weighted by Crippen LogP contribution is 2.43. The molecule has 0 amide bonds. The smallest absolute Gasteiger partial charge is 0.0641 e. The zero-order chi connectivity index (χ0) is 33.5. The summed E-state index contributed by atoms with van der Waals surface area (Å²) in [7, 11) is 0. The van der Waals surface area contributed by atoms with Gasteiger partial charge in [0.1, 0.15) is 0 Å². The first-order chi connectivity index (χ1) is 25.3. The van der Waals surface area contributed by atoms with E-state index in [0.29, 0.717) is 0 Å². The quantitative estimate of drug-likeness (QED) is 0.180. The zero-order valence-electron chi connectivity index (χ0n) is 27.7. The lowest BCUT2D eigenvalue weighted by Gasteiger charge is -2.13. The van der Waals surface area contributed by atoms with Gasteiger partial charge in [-0.1, -0.05) is 127 Å². The summed E-state index contributed by atoms with van der Waals surface area (Å²) >= 11 is 0. The van der Waals surface area contributed by atoms with Crippen LogP contribution in [0, 0.1) is 0 Å². The minimum absolute atomic E-state index is 1.14. The van der Waals surface area contributed by atoms with Crippen LogP contribution in [0.4, 0.5) is 0 Å². The number of aromatic nitrogens is 3. The molecule has 8 aromatic carbocycles. The van der Waals surface area contributed by atoms with Crippen molar-refractivity contribution >= 4 is 65.4 Å². The van der Waals surface area contributed by atoms with Crippen molar-refractivity contribution in [3.63, 3.8) is 0 Å². The van der Waals surface area contributed by atoms with Crippen LogP contribution < -0.4 is 0 Å². The van der Waals surface area contributed by atoms with Crippen molar-refractivity contribution in [1.82, 2.24) is 13.7 Å². The van der Waals surface area contributed by atoms with Crippen LogP contribution in [0.3, 0.4) is 0 Å². The van der Waals surface area contributed by atoms with E-state index in [4.69, 9.17) is 0 Å². The number of hydrogen-bond donors (Lipinski definition) is 0. The molecule has 0 aliphatic rings. The first-order valence-electron chi connectivity index (χ1n) is 17.5. The van der Waals surface area contributed by atoms with E-state index in [1.807, 2.05) is 0 Å². The van der Waals surface area contributed by atoms with E-state index in [0.717, 1.165) is 17.1 Å².